The van der Waals surface area contributed by atoms with Gasteiger partial charge >= 0.3 is 0 Å². The van der Waals surface area contributed by atoms with Gasteiger partial charge in [0.05, 0.1) is 50.8 Å². The van der Waals surface area contributed by atoms with E-state index < -0.39 is 0 Å². The fourth-order valence-corrected chi connectivity index (χ4v) is 9.74. The van der Waals surface area contributed by atoms with Crippen molar-refractivity contribution in [3.8, 4) is 0 Å². The third-order valence-electron chi connectivity index (χ3n) is 11.1. The van der Waals surface area contributed by atoms with Crippen LogP contribution in [0.25, 0.3) is 21.8 Å². The Labute approximate surface area is 275 Å². The fraction of sp³-hybridized carbons (Fsp3) is 0.529. The molecule has 4 aromatic rings. The van der Waals surface area contributed by atoms with E-state index in [2.05, 4.69) is 97.8 Å². The number of nitrogens with one attached hydrogen (secondary N) is 2. The van der Waals surface area contributed by atoms with Gasteiger partial charge in [-0.15, -0.1) is 0 Å². The van der Waals surface area contributed by atoms with E-state index >= 15 is 0 Å². The second-order valence-electron chi connectivity index (χ2n) is 13.2. The zero-order valence-corrected chi connectivity index (χ0v) is 28.2. The van der Waals surface area contributed by atoms with Crippen LogP contribution >= 0.6 is 31.9 Å². The largest absolute Gasteiger partial charge is 0.377 e. The lowest BCUT2D eigenvalue weighted by Gasteiger charge is -2.51. The molecule has 44 heavy (non-hydrogen) atoms. The summed E-state index contributed by atoms with van der Waals surface area (Å²) in [6.45, 7) is 10.3. The first kappa shape index (κ1) is 28.5. The number of nitrogens with zero attached hydrogens (tertiary/aromatic N) is 4. The van der Waals surface area contributed by atoms with Gasteiger partial charge in [0, 0.05) is 81.4 Å². The maximum absolute atomic E-state index is 5.75. The number of ether oxygens (including phenoxy) is 2. The lowest BCUT2D eigenvalue weighted by Crippen LogP contribution is -2.61. The van der Waals surface area contributed by atoms with Crippen LogP contribution < -0.4 is 0 Å². The molecule has 10 heteroatoms. The molecular weight excluding hydrogens is 684 g/mol. The number of hydrogen-bond acceptors (Lipinski definition) is 6. The van der Waals surface area contributed by atoms with Crippen LogP contribution in [0, 0.1) is 0 Å². The Kier molecular flexibility index (Phi) is 7.43. The van der Waals surface area contributed by atoms with Gasteiger partial charge in [-0.05, 0) is 61.1 Å². The van der Waals surface area contributed by atoms with E-state index in [4.69, 9.17) is 9.47 Å². The molecule has 8 heterocycles. The minimum atomic E-state index is 0.471. The van der Waals surface area contributed by atoms with Gasteiger partial charge in [-0.1, -0.05) is 44.0 Å². The molecule has 8 nitrogen and oxygen atoms in total. The summed E-state index contributed by atoms with van der Waals surface area (Å²) in [5.74, 6) is 0. The van der Waals surface area contributed by atoms with E-state index in [1.54, 1.807) is 0 Å². The Balaban J connectivity index is 0.000000123. The Bertz CT molecular complexity index is 1580. The first-order valence-corrected chi connectivity index (χ1v) is 18.0. The topological polar surface area (TPSA) is 63.0 Å². The van der Waals surface area contributed by atoms with Crippen molar-refractivity contribution in [2.24, 2.45) is 0 Å². The molecule has 4 atom stereocenters. The van der Waals surface area contributed by atoms with Crippen molar-refractivity contribution in [1.29, 1.82) is 0 Å². The predicted molar refractivity (Wildman–Crippen MR) is 180 cm³/mol. The lowest BCUT2D eigenvalue weighted by atomic mass is 9.92. The van der Waals surface area contributed by atoms with Crippen LogP contribution in [0.1, 0.15) is 47.4 Å². The van der Waals surface area contributed by atoms with Crippen molar-refractivity contribution in [1.82, 2.24) is 29.6 Å². The number of halogens is 2. The van der Waals surface area contributed by atoms with E-state index in [1.165, 1.54) is 70.3 Å². The number of fused-ring (bicyclic) bond motifs is 14. The van der Waals surface area contributed by atoms with Gasteiger partial charge in [-0.2, -0.15) is 0 Å². The van der Waals surface area contributed by atoms with Crippen molar-refractivity contribution in [2.75, 3.05) is 65.7 Å². The maximum Gasteiger partial charge on any atom is 0.0870 e. The van der Waals surface area contributed by atoms with Crippen LogP contribution in [-0.4, -0.2) is 108 Å². The quantitative estimate of drug-likeness (QED) is 0.240. The minimum Gasteiger partial charge on any atom is -0.377 e. The Morgan fingerprint density at radius 2 is 1.09 bits per heavy atom. The van der Waals surface area contributed by atoms with Gasteiger partial charge in [-0.3, -0.25) is 19.6 Å². The first-order chi connectivity index (χ1) is 21.6. The van der Waals surface area contributed by atoms with Crippen LogP contribution in [0.4, 0.5) is 0 Å². The molecule has 0 aliphatic carbocycles. The summed E-state index contributed by atoms with van der Waals surface area (Å²) in [7, 11) is 0. The van der Waals surface area contributed by atoms with Crippen molar-refractivity contribution in [3.63, 3.8) is 0 Å². The number of aromatic amines is 2. The summed E-state index contributed by atoms with van der Waals surface area (Å²) < 4.78 is 13.8. The molecule has 0 radical (unpaired) electrons. The van der Waals surface area contributed by atoms with Crippen LogP contribution in [-0.2, 0) is 22.3 Å². The van der Waals surface area contributed by atoms with Crippen LogP contribution in [0.15, 0.2) is 45.3 Å². The van der Waals surface area contributed by atoms with Gasteiger partial charge < -0.3 is 19.4 Å². The van der Waals surface area contributed by atoms with E-state index in [-0.39, 0.29) is 0 Å². The number of morpholine rings is 2. The van der Waals surface area contributed by atoms with E-state index in [0.717, 1.165) is 74.4 Å². The highest BCUT2D eigenvalue weighted by atomic mass is 79.9. The summed E-state index contributed by atoms with van der Waals surface area (Å²) in [6, 6.07) is 14.3. The number of aromatic nitrogens is 2. The molecular formula is C34H40Br2N6O2. The molecule has 0 amide bonds. The molecule has 10 rings (SSSR count). The molecule has 232 valence electrons. The molecule has 2 N–H and O–H groups in total. The first-order valence-electron chi connectivity index (χ1n) is 16.4. The van der Waals surface area contributed by atoms with Crippen molar-refractivity contribution in [3.05, 3.63) is 67.9 Å². The Hall–Kier alpha value is -1.76. The average Bonchev–Trinajstić information content (AvgIpc) is 3.62. The summed E-state index contributed by atoms with van der Waals surface area (Å²) in [6.07, 6.45) is 5.66. The number of rotatable bonds is 0. The van der Waals surface area contributed by atoms with Gasteiger partial charge in [0.1, 0.15) is 0 Å². The molecule has 2 aromatic heterocycles. The SMILES string of the molecule is Brc1ccc2c3c([nH]c2c1)[C@@H]1CCN2CCOC[C@@H]2N1CC3.Brc1ccc2c3c([nH]c2c1)[C@H]1CCN2CCOC[C@H]2N1CC3. The lowest BCUT2D eigenvalue weighted by molar-refractivity contribution is -0.120. The smallest absolute Gasteiger partial charge is 0.0870 e. The van der Waals surface area contributed by atoms with Crippen molar-refractivity contribution >= 4 is 53.7 Å². The monoisotopic (exact) mass is 722 g/mol. The maximum atomic E-state index is 5.75. The third kappa shape index (κ3) is 4.75. The molecule has 0 unspecified atom stereocenters. The van der Waals surface area contributed by atoms with E-state index in [9.17, 15) is 0 Å². The summed E-state index contributed by atoms with van der Waals surface area (Å²) >= 11 is 7.17. The van der Waals surface area contributed by atoms with E-state index in [0.29, 0.717) is 24.4 Å². The standard InChI is InChI=1S/2C17H20BrN3O/c2*18-11-1-2-12-13-3-6-21-15(17(13)19-14(12)9-11)4-5-20-7-8-22-10-16(20)21/h2*1-2,9,15-16,19H,3-8,10H2/t2*15-,16-/m10/s1. The van der Waals surface area contributed by atoms with Crippen LogP contribution in [0.2, 0.25) is 0 Å². The normalized spacial score (nSPS) is 29.1. The summed E-state index contributed by atoms with van der Waals surface area (Å²) in [5.41, 5.74) is 8.50. The molecule has 6 aliphatic heterocycles. The highest BCUT2D eigenvalue weighted by molar-refractivity contribution is 9.10. The van der Waals surface area contributed by atoms with Gasteiger partial charge in [-0.25, -0.2) is 0 Å². The minimum absolute atomic E-state index is 0.471. The Morgan fingerprint density at radius 1 is 0.614 bits per heavy atom. The molecule has 0 saturated carbocycles. The van der Waals surface area contributed by atoms with Crippen LogP contribution in [0.5, 0.6) is 0 Å². The molecule has 6 aliphatic rings. The average molecular weight is 725 g/mol. The molecule has 0 bridgehead atoms. The highest BCUT2D eigenvalue weighted by Gasteiger charge is 2.43. The van der Waals surface area contributed by atoms with Gasteiger partial charge in [0.25, 0.3) is 0 Å². The van der Waals surface area contributed by atoms with Gasteiger partial charge in [0.15, 0.2) is 0 Å². The predicted octanol–water partition coefficient (Wildman–Crippen LogP) is 5.78. The molecule has 2 aromatic carbocycles. The summed E-state index contributed by atoms with van der Waals surface area (Å²) in [5, 5.41) is 2.81. The Morgan fingerprint density at radius 3 is 1.57 bits per heavy atom. The molecule has 4 fully saturated rings. The molecule has 0 spiro atoms. The zero-order valence-electron chi connectivity index (χ0n) is 25.0. The third-order valence-corrected chi connectivity index (χ3v) is 12.1. The number of benzene rings is 2. The number of H-pyrrole nitrogens is 2. The second kappa shape index (κ2) is 11.5. The highest BCUT2D eigenvalue weighted by Crippen LogP contribution is 2.42. The summed E-state index contributed by atoms with van der Waals surface area (Å²) in [4.78, 5) is 18.0. The zero-order chi connectivity index (χ0) is 29.4. The van der Waals surface area contributed by atoms with Crippen LogP contribution in [0.3, 0.4) is 0 Å². The second-order valence-corrected chi connectivity index (χ2v) is 15.0. The fourth-order valence-electron chi connectivity index (χ4n) is 9.02. The molecule has 4 saturated heterocycles. The number of hydrogen-bond donors (Lipinski definition) is 2. The van der Waals surface area contributed by atoms with E-state index in [1.807, 2.05) is 0 Å². The van der Waals surface area contributed by atoms with Crippen molar-refractivity contribution < 1.29 is 9.47 Å². The van der Waals surface area contributed by atoms with Crippen molar-refractivity contribution in [2.45, 2.75) is 50.1 Å². The van der Waals surface area contributed by atoms with Gasteiger partial charge in [0.2, 0.25) is 0 Å².